The lowest BCUT2D eigenvalue weighted by Crippen LogP contribution is -2.45. The Labute approximate surface area is 163 Å². The Balaban J connectivity index is 0.000000244. The van der Waals surface area contributed by atoms with Crippen LogP contribution in [-0.4, -0.2) is 69.9 Å². The molecule has 0 aromatic heterocycles. The number of benzene rings is 2. The van der Waals surface area contributed by atoms with E-state index in [4.69, 9.17) is 14.2 Å². The molecule has 0 unspecified atom stereocenters. The van der Waals surface area contributed by atoms with Gasteiger partial charge < -0.3 is 19.1 Å². The first-order valence-corrected chi connectivity index (χ1v) is 9.57. The van der Waals surface area contributed by atoms with Gasteiger partial charge in [-0.15, -0.1) is 0 Å². The summed E-state index contributed by atoms with van der Waals surface area (Å²) >= 11 is 0. The van der Waals surface area contributed by atoms with E-state index in [-0.39, 0.29) is 0 Å². The van der Waals surface area contributed by atoms with Crippen LogP contribution < -0.4 is 14.2 Å². The Bertz CT molecular complexity index is 611. The molecule has 3 rings (SSSR count). The van der Waals surface area contributed by atoms with Gasteiger partial charge in [-0.3, -0.25) is 4.90 Å². The lowest BCUT2D eigenvalue weighted by Gasteiger charge is -2.32. The Hall–Kier alpha value is -2.24. The summed E-state index contributed by atoms with van der Waals surface area (Å²) in [5, 5.41) is 0. The number of para-hydroxylation sites is 1. The highest BCUT2D eigenvalue weighted by molar-refractivity contribution is 5.31. The number of ether oxygens (including phenoxy) is 3. The lowest BCUT2D eigenvalue weighted by molar-refractivity contribution is 0.133. The van der Waals surface area contributed by atoms with E-state index < -0.39 is 0 Å². The molecule has 1 saturated heterocycles. The molecular formula is C22H32N2O3. The van der Waals surface area contributed by atoms with Crippen LogP contribution >= 0.6 is 0 Å². The first-order valence-electron chi connectivity index (χ1n) is 9.57. The first-order chi connectivity index (χ1) is 13.2. The minimum absolute atomic E-state index is 0.740. The van der Waals surface area contributed by atoms with E-state index in [1.54, 1.807) is 7.11 Å². The lowest BCUT2D eigenvalue weighted by atomic mass is 10.3. The van der Waals surface area contributed by atoms with E-state index in [1.807, 2.05) is 61.5 Å². The summed E-state index contributed by atoms with van der Waals surface area (Å²) in [6.45, 7) is 9.06. The second kappa shape index (κ2) is 12.2. The van der Waals surface area contributed by atoms with E-state index in [9.17, 15) is 0 Å². The summed E-state index contributed by atoms with van der Waals surface area (Å²) < 4.78 is 16.0. The quantitative estimate of drug-likeness (QED) is 0.744. The van der Waals surface area contributed by atoms with Crippen molar-refractivity contribution in [1.29, 1.82) is 0 Å². The fourth-order valence-corrected chi connectivity index (χ4v) is 2.72. The Morgan fingerprint density at radius 3 is 1.96 bits per heavy atom. The maximum absolute atomic E-state index is 5.72. The number of likely N-dealkylation sites (N-methyl/N-ethyl adjacent to an activating group) is 1. The molecule has 2 aromatic carbocycles. The summed E-state index contributed by atoms with van der Waals surface area (Å²) in [4.78, 5) is 4.81. The molecule has 0 bridgehead atoms. The molecule has 0 spiro atoms. The predicted molar refractivity (Wildman–Crippen MR) is 110 cm³/mol. The van der Waals surface area contributed by atoms with Crippen LogP contribution in [0.2, 0.25) is 0 Å². The number of rotatable bonds is 7. The summed E-state index contributed by atoms with van der Waals surface area (Å²) in [5.74, 6) is 2.71. The smallest absolute Gasteiger partial charge is 0.119 e. The van der Waals surface area contributed by atoms with Gasteiger partial charge in [-0.25, -0.2) is 0 Å². The first kappa shape index (κ1) is 21.1. The molecule has 1 fully saturated rings. The van der Waals surface area contributed by atoms with Gasteiger partial charge in [0.1, 0.15) is 23.9 Å². The minimum atomic E-state index is 0.740. The molecule has 0 saturated carbocycles. The number of piperazine rings is 1. The highest BCUT2D eigenvalue weighted by Crippen LogP contribution is 2.16. The average molecular weight is 373 g/mol. The summed E-state index contributed by atoms with van der Waals surface area (Å²) in [7, 11) is 3.84. The second-order valence-electron chi connectivity index (χ2n) is 6.41. The topological polar surface area (TPSA) is 34.2 Å². The van der Waals surface area contributed by atoms with Gasteiger partial charge in [-0.2, -0.15) is 0 Å². The molecular weight excluding hydrogens is 340 g/mol. The number of hydrogen-bond donors (Lipinski definition) is 0. The van der Waals surface area contributed by atoms with Crippen molar-refractivity contribution < 1.29 is 14.2 Å². The van der Waals surface area contributed by atoms with Crippen molar-refractivity contribution in [2.45, 2.75) is 6.92 Å². The number of nitrogens with zero attached hydrogens (tertiary/aromatic N) is 2. The fraction of sp³-hybridized carbons (Fsp3) is 0.455. The van der Waals surface area contributed by atoms with Crippen LogP contribution in [0, 0.1) is 0 Å². The van der Waals surface area contributed by atoms with Gasteiger partial charge >= 0.3 is 0 Å². The molecule has 0 atom stereocenters. The van der Waals surface area contributed by atoms with Gasteiger partial charge in [0.2, 0.25) is 0 Å². The zero-order valence-corrected chi connectivity index (χ0v) is 16.8. The van der Waals surface area contributed by atoms with E-state index >= 15 is 0 Å². The monoisotopic (exact) mass is 372 g/mol. The Kier molecular flexibility index (Phi) is 9.52. The maximum atomic E-state index is 5.72. The molecule has 1 aliphatic rings. The number of hydrogen-bond acceptors (Lipinski definition) is 5. The zero-order chi connectivity index (χ0) is 19.3. The third-order valence-electron chi connectivity index (χ3n) is 4.39. The molecule has 1 aliphatic heterocycles. The Morgan fingerprint density at radius 1 is 0.778 bits per heavy atom. The van der Waals surface area contributed by atoms with Crippen molar-refractivity contribution in [3.8, 4) is 17.2 Å². The molecule has 0 aliphatic carbocycles. The van der Waals surface area contributed by atoms with Crippen LogP contribution in [-0.2, 0) is 0 Å². The highest BCUT2D eigenvalue weighted by Gasteiger charge is 2.12. The summed E-state index contributed by atoms with van der Waals surface area (Å²) in [5.41, 5.74) is 0. The molecule has 5 heteroatoms. The van der Waals surface area contributed by atoms with E-state index in [1.165, 1.54) is 0 Å². The molecule has 148 valence electrons. The molecule has 0 radical (unpaired) electrons. The van der Waals surface area contributed by atoms with Crippen LogP contribution in [0.5, 0.6) is 17.2 Å². The zero-order valence-electron chi connectivity index (χ0n) is 16.8. The fourth-order valence-electron chi connectivity index (χ4n) is 2.72. The number of methoxy groups -OCH3 is 1. The molecule has 5 nitrogen and oxygen atoms in total. The van der Waals surface area contributed by atoms with E-state index in [0.29, 0.717) is 0 Å². The van der Waals surface area contributed by atoms with Crippen LogP contribution in [0.3, 0.4) is 0 Å². The van der Waals surface area contributed by atoms with Crippen molar-refractivity contribution in [2.24, 2.45) is 0 Å². The minimum Gasteiger partial charge on any atom is -0.497 e. The summed E-state index contributed by atoms with van der Waals surface area (Å²) in [6, 6.07) is 17.5. The van der Waals surface area contributed by atoms with E-state index in [2.05, 4.69) is 16.8 Å². The molecule has 0 N–H and O–H groups in total. The van der Waals surface area contributed by atoms with Gasteiger partial charge in [-0.05, 0) is 50.4 Å². The third kappa shape index (κ3) is 8.33. The van der Waals surface area contributed by atoms with Crippen molar-refractivity contribution in [3.05, 3.63) is 54.6 Å². The standard InChI is InChI=1S/C14H22N2O2.C8H10O/c1-15-7-9-16(10-8-15)11-12-18-14-5-3-13(17-2)4-6-14;1-2-9-8-6-4-3-5-7-8/h3-6H,7-12H2,1-2H3;3-7H,2H2,1H3. The SMILES string of the molecule is CCOc1ccccc1.COc1ccc(OCCN2CCN(C)CC2)cc1. The van der Waals surface area contributed by atoms with Crippen LogP contribution in [0.25, 0.3) is 0 Å². The van der Waals surface area contributed by atoms with Gasteiger partial charge in [0.25, 0.3) is 0 Å². The van der Waals surface area contributed by atoms with Crippen molar-refractivity contribution in [2.75, 3.05) is 60.1 Å². The average Bonchev–Trinajstić information content (AvgIpc) is 2.72. The maximum Gasteiger partial charge on any atom is 0.119 e. The highest BCUT2D eigenvalue weighted by atomic mass is 16.5. The van der Waals surface area contributed by atoms with Crippen LogP contribution in [0.15, 0.2) is 54.6 Å². The normalized spacial score (nSPS) is 14.8. The van der Waals surface area contributed by atoms with E-state index in [0.717, 1.165) is 63.2 Å². The van der Waals surface area contributed by atoms with Gasteiger partial charge in [0, 0.05) is 32.7 Å². The van der Waals surface area contributed by atoms with Crippen molar-refractivity contribution in [3.63, 3.8) is 0 Å². The second-order valence-corrected chi connectivity index (χ2v) is 6.41. The molecule has 0 amide bonds. The van der Waals surface area contributed by atoms with Crippen LogP contribution in [0.1, 0.15) is 6.92 Å². The van der Waals surface area contributed by atoms with Crippen molar-refractivity contribution in [1.82, 2.24) is 9.80 Å². The molecule has 2 aromatic rings. The molecule has 27 heavy (non-hydrogen) atoms. The third-order valence-corrected chi connectivity index (χ3v) is 4.39. The largest absolute Gasteiger partial charge is 0.497 e. The predicted octanol–water partition coefficient (Wildman–Crippen LogP) is 3.41. The molecule has 1 heterocycles. The van der Waals surface area contributed by atoms with Gasteiger partial charge in [0.05, 0.1) is 13.7 Å². The summed E-state index contributed by atoms with van der Waals surface area (Å²) in [6.07, 6.45) is 0. The van der Waals surface area contributed by atoms with Gasteiger partial charge in [-0.1, -0.05) is 18.2 Å². The van der Waals surface area contributed by atoms with Crippen molar-refractivity contribution >= 4 is 0 Å². The Morgan fingerprint density at radius 2 is 1.37 bits per heavy atom. The van der Waals surface area contributed by atoms with Gasteiger partial charge in [0.15, 0.2) is 0 Å². The van der Waals surface area contributed by atoms with Crippen LogP contribution in [0.4, 0.5) is 0 Å².